The smallest absolute Gasteiger partial charge is 0.346 e. The van der Waals surface area contributed by atoms with E-state index in [4.69, 9.17) is 9.84 Å². The first-order chi connectivity index (χ1) is 8.65. The molecule has 0 atom stereocenters. The maximum atomic E-state index is 11.1. The summed E-state index contributed by atoms with van der Waals surface area (Å²) in [7, 11) is 0. The van der Waals surface area contributed by atoms with Crippen LogP contribution in [0.4, 0.5) is 0 Å². The number of aryl methyl sites for hydroxylation is 1. The van der Waals surface area contributed by atoms with E-state index in [-0.39, 0.29) is 0 Å². The fraction of sp³-hybridized carbons (Fsp3) is 0.364. The van der Waals surface area contributed by atoms with Crippen molar-refractivity contribution in [2.24, 2.45) is 0 Å². The van der Waals surface area contributed by atoms with Crippen molar-refractivity contribution in [3.8, 4) is 0 Å². The molecule has 1 N–H and O–H groups in total. The zero-order valence-corrected chi connectivity index (χ0v) is 11.6. The highest BCUT2D eigenvalue weighted by molar-refractivity contribution is 7.99. The Kier molecular flexibility index (Phi) is 4.15. The Bertz CT molecular complexity index is 583. The molecule has 2 aromatic heterocycles. The summed E-state index contributed by atoms with van der Waals surface area (Å²) in [5.41, 5.74) is 0.724. The van der Waals surface area contributed by atoms with Crippen molar-refractivity contribution in [2.45, 2.75) is 18.9 Å². The highest BCUT2D eigenvalue weighted by Crippen LogP contribution is 2.34. The highest BCUT2D eigenvalue weighted by Gasteiger charge is 2.18. The minimum atomic E-state index is -0.920. The van der Waals surface area contributed by atoms with Crippen LogP contribution in [0.5, 0.6) is 0 Å². The van der Waals surface area contributed by atoms with Crippen molar-refractivity contribution in [3.05, 3.63) is 16.8 Å². The number of hydrogen-bond donors (Lipinski definition) is 1. The molecule has 0 fully saturated rings. The van der Waals surface area contributed by atoms with Crippen molar-refractivity contribution < 1.29 is 14.6 Å². The van der Waals surface area contributed by atoms with Crippen LogP contribution in [0, 0.1) is 6.92 Å². The lowest BCUT2D eigenvalue weighted by molar-refractivity contribution is 0.0701. The van der Waals surface area contributed by atoms with Crippen molar-refractivity contribution in [3.63, 3.8) is 0 Å². The van der Waals surface area contributed by atoms with E-state index in [2.05, 4.69) is 9.97 Å². The summed E-state index contributed by atoms with van der Waals surface area (Å²) in [4.78, 5) is 20.4. The van der Waals surface area contributed by atoms with E-state index in [9.17, 15) is 4.79 Å². The molecule has 0 unspecified atom stereocenters. The molecule has 18 heavy (non-hydrogen) atoms. The van der Waals surface area contributed by atoms with Gasteiger partial charge in [0.25, 0.3) is 0 Å². The lowest BCUT2D eigenvalue weighted by Crippen LogP contribution is -1.95. The maximum Gasteiger partial charge on any atom is 0.346 e. The number of carboxylic acids is 1. The first-order valence-corrected chi connectivity index (χ1v) is 7.13. The average molecular weight is 284 g/mol. The number of thioether (sulfide) groups is 1. The minimum Gasteiger partial charge on any atom is -0.477 e. The molecule has 5 nitrogen and oxygen atoms in total. The normalized spacial score (nSPS) is 11.0. The van der Waals surface area contributed by atoms with Crippen molar-refractivity contribution in [1.29, 1.82) is 0 Å². The molecule has 0 aliphatic carbocycles. The lowest BCUT2D eigenvalue weighted by Gasteiger charge is -2.02. The van der Waals surface area contributed by atoms with Crippen LogP contribution in [0.2, 0.25) is 0 Å². The zero-order chi connectivity index (χ0) is 13.1. The van der Waals surface area contributed by atoms with Gasteiger partial charge in [0.1, 0.15) is 21.1 Å². The predicted octanol–water partition coefficient (Wildman–Crippen LogP) is 2.78. The summed E-state index contributed by atoms with van der Waals surface area (Å²) >= 11 is 2.63. The fourth-order valence-electron chi connectivity index (χ4n) is 1.53. The van der Waals surface area contributed by atoms with Gasteiger partial charge in [0, 0.05) is 12.0 Å². The van der Waals surface area contributed by atoms with Crippen molar-refractivity contribution in [1.82, 2.24) is 9.97 Å². The molecule has 7 heteroatoms. The van der Waals surface area contributed by atoms with Gasteiger partial charge in [-0.05, 0) is 19.4 Å². The SMILES string of the molecule is CCOCSc1ncnc2sc(C(=O)O)c(C)c12. The van der Waals surface area contributed by atoms with E-state index in [1.807, 2.05) is 6.92 Å². The molecule has 0 saturated heterocycles. The van der Waals surface area contributed by atoms with E-state index in [1.165, 1.54) is 29.4 Å². The molecule has 2 heterocycles. The molecular formula is C11H12N2O3S2. The van der Waals surface area contributed by atoms with Gasteiger partial charge in [-0.2, -0.15) is 0 Å². The third-order valence-corrected chi connectivity index (χ3v) is 4.42. The number of fused-ring (bicyclic) bond motifs is 1. The third kappa shape index (κ3) is 2.47. The average Bonchev–Trinajstić information content (AvgIpc) is 2.68. The monoisotopic (exact) mass is 284 g/mol. The number of nitrogens with zero attached hydrogens (tertiary/aromatic N) is 2. The Morgan fingerprint density at radius 1 is 1.56 bits per heavy atom. The van der Waals surface area contributed by atoms with Crippen LogP contribution in [0.1, 0.15) is 22.2 Å². The largest absolute Gasteiger partial charge is 0.477 e. The van der Waals surface area contributed by atoms with E-state index in [1.54, 1.807) is 6.92 Å². The Morgan fingerprint density at radius 3 is 3.00 bits per heavy atom. The Labute approximate surface area is 112 Å². The third-order valence-electron chi connectivity index (χ3n) is 2.37. The van der Waals surface area contributed by atoms with E-state index in [0.29, 0.717) is 22.3 Å². The quantitative estimate of drug-likeness (QED) is 0.394. The first kappa shape index (κ1) is 13.3. The molecule has 0 aliphatic heterocycles. The number of ether oxygens (including phenoxy) is 1. The Hall–Kier alpha value is -1.18. The summed E-state index contributed by atoms with van der Waals surface area (Å²) in [6, 6.07) is 0. The number of hydrogen-bond acceptors (Lipinski definition) is 6. The minimum absolute atomic E-state index is 0.323. The fourth-order valence-corrected chi connectivity index (χ4v) is 3.46. The van der Waals surface area contributed by atoms with Crippen molar-refractivity contribution >= 4 is 39.3 Å². The number of aromatic nitrogens is 2. The summed E-state index contributed by atoms with van der Waals surface area (Å²) in [5, 5.41) is 10.7. The van der Waals surface area contributed by atoms with Crippen molar-refractivity contribution in [2.75, 3.05) is 12.5 Å². The van der Waals surface area contributed by atoms with Gasteiger partial charge in [-0.1, -0.05) is 11.8 Å². The summed E-state index contributed by atoms with van der Waals surface area (Å²) in [6.07, 6.45) is 1.46. The van der Waals surface area contributed by atoms with Crippen LogP contribution >= 0.6 is 23.1 Å². The molecule has 0 aromatic carbocycles. The van der Waals surface area contributed by atoms with Gasteiger partial charge >= 0.3 is 5.97 Å². The van der Waals surface area contributed by atoms with Crippen LogP contribution in [0.25, 0.3) is 10.2 Å². The van der Waals surface area contributed by atoms with Gasteiger partial charge in [0.15, 0.2) is 0 Å². The van der Waals surface area contributed by atoms with Crippen LogP contribution < -0.4 is 0 Å². The molecular weight excluding hydrogens is 272 g/mol. The van der Waals surface area contributed by atoms with Crippen LogP contribution in [0.15, 0.2) is 11.4 Å². The summed E-state index contributed by atoms with van der Waals surface area (Å²) in [5.74, 6) is -0.420. The predicted molar refractivity (Wildman–Crippen MR) is 71.5 cm³/mol. The van der Waals surface area contributed by atoms with Crippen LogP contribution in [-0.2, 0) is 4.74 Å². The zero-order valence-electron chi connectivity index (χ0n) is 9.97. The first-order valence-electron chi connectivity index (χ1n) is 5.33. The molecule has 0 aliphatic rings. The number of rotatable bonds is 5. The summed E-state index contributed by atoms with van der Waals surface area (Å²) in [6.45, 7) is 4.36. The van der Waals surface area contributed by atoms with E-state index < -0.39 is 5.97 Å². The van der Waals surface area contributed by atoms with Gasteiger partial charge in [-0.15, -0.1) is 11.3 Å². The molecule has 0 amide bonds. The second-order valence-corrected chi connectivity index (χ2v) is 5.39. The Balaban J connectivity index is 2.44. The number of carbonyl (C=O) groups is 1. The highest BCUT2D eigenvalue weighted by atomic mass is 32.2. The molecule has 2 rings (SSSR count). The van der Waals surface area contributed by atoms with Gasteiger partial charge in [0.2, 0.25) is 0 Å². The molecule has 2 aromatic rings. The van der Waals surface area contributed by atoms with E-state index in [0.717, 1.165) is 16.0 Å². The molecule has 0 saturated carbocycles. The number of thiophene rings is 1. The Morgan fingerprint density at radius 2 is 2.33 bits per heavy atom. The molecule has 0 spiro atoms. The molecule has 0 radical (unpaired) electrons. The van der Waals surface area contributed by atoms with Gasteiger partial charge in [-0.3, -0.25) is 0 Å². The van der Waals surface area contributed by atoms with Gasteiger partial charge < -0.3 is 9.84 Å². The van der Waals surface area contributed by atoms with Gasteiger partial charge in [-0.25, -0.2) is 14.8 Å². The van der Waals surface area contributed by atoms with Gasteiger partial charge in [0.05, 0.1) is 5.94 Å². The number of carboxylic acid groups (broad SMARTS) is 1. The second kappa shape index (κ2) is 5.64. The van der Waals surface area contributed by atoms with Crippen LogP contribution in [-0.4, -0.2) is 33.6 Å². The van der Waals surface area contributed by atoms with Crippen LogP contribution in [0.3, 0.4) is 0 Å². The maximum absolute atomic E-state index is 11.1. The second-order valence-electron chi connectivity index (χ2n) is 3.48. The topological polar surface area (TPSA) is 72.3 Å². The lowest BCUT2D eigenvalue weighted by atomic mass is 10.2. The number of aromatic carboxylic acids is 1. The molecule has 0 bridgehead atoms. The standard InChI is InChI=1S/C11H12N2O3S2/c1-3-16-5-17-9-7-6(2)8(11(14)15)18-10(7)13-4-12-9/h4H,3,5H2,1-2H3,(H,14,15). The molecule has 96 valence electrons. The van der Waals surface area contributed by atoms with E-state index >= 15 is 0 Å². The summed E-state index contributed by atoms with van der Waals surface area (Å²) < 4.78 is 5.27.